The van der Waals surface area contributed by atoms with Crippen LogP contribution in [0.25, 0.3) is 6.08 Å². The molecule has 0 spiro atoms. The largest absolute Gasteiger partial charge is 0.503 e. The molecule has 2 fully saturated rings. The molecule has 1 amide bonds. The van der Waals surface area contributed by atoms with Gasteiger partial charge in [-0.1, -0.05) is 49.6 Å². The van der Waals surface area contributed by atoms with Gasteiger partial charge in [-0.2, -0.15) is 0 Å². The normalized spacial score (nSPS) is 24.2. The van der Waals surface area contributed by atoms with Gasteiger partial charge in [0.15, 0.2) is 16.7 Å². The number of para-hydroxylation sites is 1. The second-order valence-corrected chi connectivity index (χ2v) is 9.31. The van der Waals surface area contributed by atoms with Gasteiger partial charge >= 0.3 is 0 Å². The topological polar surface area (TPSA) is 62.1 Å². The standard InChI is InChI=1S/C24H25ClN2O3S/c1-15-8-6-7-11-19(15)27-23(29)21(31-24(27)26-17-9-4-3-5-10-17)14-16-12-18(25)22(28)20(13-16)30-2/h3-5,9-10,12-15,19,28H,6-8,11H2,1-2H3/b21-14-,26-24?/t15-,19+/m0/s1. The maximum Gasteiger partial charge on any atom is 0.267 e. The van der Waals surface area contributed by atoms with Gasteiger partial charge < -0.3 is 9.84 Å². The summed E-state index contributed by atoms with van der Waals surface area (Å²) in [7, 11) is 1.47. The fraction of sp³-hybridized carbons (Fsp3) is 0.333. The summed E-state index contributed by atoms with van der Waals surface area (Å²) in [5.41, 5.74) is 1.51. The number of halogens is 1. The number of phenolic OH excluding ortho intramolecular Hbond substituents is 1. The average molecular weight is 457 g/mol. The highest BCUT2D eigenvalue weighted by Gasteiger charge is 2.41. The van der Waals surface area contributed by atoms with Gasteiger partial charge in [0.05, 0.1) is 22.7 Å². The van der Waals surface area contributed by atoms with Gasteiger partial charge in [0.1, 0.15) is 0 Å². The van der Waals surface area contributed by atoms with Crippen LogP contribution in [-0.2, 0) is 4.79 Å². The molecule has 5 nitrogen and oxygen atoms in total. The highest BCUT2D eigenvalue weighted by atomic mass is 35.5. The van der Waals surface area contributed by atoms with Crippen LogP contribution in [0.15, 0.2) is 52.4 Å². The van der Waals surface area contributed by atoms with Crippen molar-refractivity contribution in [2.45, 2.75) is 38.6 Å². The molecule has 0 unspecified atom stereocenters. The lowest BCUT2D eigenvalue weighted by molar-refractivity contribution is -0.124. The first-order chi connectivity index (χ1) is 15.0. The number of hydrogen-bond acceptors (Lipinski definition) is 5. The smallest absolute Gasteiger partial charge is 0.267 e. The number of ether oxygens (including phenoxy) is 1. The van der Waals surface area contributed by atoms with E-state index in [1.54, 1.807) is 18.2 Å². The van der Waals surface area contributed by atoms with Crippen molar-refractivity contribution in [1.29, 1.82) is 0 Å². The van der Waals surface area contributed by atoms with Gasteiger partial charge in [-0.05, 0) is 66.4 Å². The Labute approximate surface area is 191 Å². The molecule has 1 saturated heterocycles. The summed E-state index contributed by atoms with van der Waals surface area (Å²) in [6.07, 6.45) is 6.20. The van der Waals surface area contributed by atoms with Crippen LogP contribution < -0.4 is 4.74 Å². The third-order valence-electron chi connectivity index (χ3n) is 5.78. The summed E-state index contributed by atoms with van der Waals surface area (Å²) in [5.74, 6) is 0.537. The van der Waals surface area contributed by atoms with Crippen LogP contribution in [0.5, 0.6) is 11.5 Å². The lowest BCUT2D eigenvalue weighted by atomic mass is 9.85. The van der Waals surface area contributed by atoms with Gasteiger partial charge in [-0.25, -0.2) is 4.99 Å². The van der Waals surface area contributed by atoms with Crippen molar-refractivity contribution >= 4 is 46.2 Å². The predicted octanol–water partition coefficient (Wildman–Crippen LogP) is 6.24. The van der Waals surface area contributed by atoms with Crippen molar-refractivity contribution in [3.8, 4) is 11.5 Å². The first kappa shape index (κ1) is 21.8. The summed E-state index contributed by atoms with van der Waals surface area (Å²) >= 11 is 7.52. The molecule has 2 aromatic rings. The monoisotopic (exact) mass is 456 g/mol. The minimum Gasteiger partial charge on any atom is -0.503 e. The zero-order valence-corrected chi connectivity index (χ0v) is 19.1. The molecule has 1 aliphatic heterocycles. The number of benzene rings is 2. The maximum absolute atomic E-state index is 13.5. The van der Waals surface area contributed by atoms with Crippen LogP contribution in [0, 0.1) is 5.92 Å². The number of amides is 1. The minimum atomic E-state index is -0.110. The molecule has 1 N–H and O–H groups in total. The summed E-state index contributed by atoms with van der Waals surface area (Å²) in [6, 6.07) is 13.1. The van der Waals surface area contributed by atoms with Crippen molar-refractivity contribution in [3.63, 3.8) is 0 Å². The molecular formula is C24H25ClN2O3S. The Bertz CT molecular complexity index is 1040. The molecular weight excluding hydrogens is 432 g/mol. The number of aliphatic imine (C=N–C) groups is 1. The van der Waals surface area contributed by atoms with Crippen molar-refractivity contribution in [2.24, 2.45) is 10.9 Å². The quantitative estimate of drug-likeness (QED) is 0.553. The van der Waals surface area contributed by atoms with Gasteiger partial charge in [0.2, 0.25) is 0 Å². The van der Waals surface area contributed by atoms with Gasteiger partial charge in [-0.3, -0.25) is 9.69 Å². The molecule has 2 atom stereocenters. The molecule has 31 heavy (non-hydrogen) atoms. The van der Waals surface area contributed by atoms with Gasteiger partial charge in [0, 0.05) is 6.04 Å². The second kappa shape index (κ2) is 9.37. The number of thioether (sulfide) groups is 1. The Kier molecular flexibility index (Phi) is 6.58. The van der Waals surface area contributed by atoms with E-state index >= 15 is 0 Å². The van der Waals surface area contributed by atoms with E-state index in [0.29, 0.717) is 21.6 Å². The molecule has 2 aromatic carbocycles. The third kappa shape index (κ3) is 4.60. The molecule has 0 bridgehead atoms. The molecule has 4 rings (SSSR count). The van der Waals surface area contributed by atoms with Crippen LogP contribution in [0.1, 0.15) is 38.2 Å². The van der Waals surface area contributed by atoms with Gasteiger partial charge in [0.25, 0.3) is 5.91 Å². The van der Waals surface area contributed by atoms with E-state index in [9.17, 15) is 9.90 Å². The van der Waals surface area contributed by atoms with E-state index in [2.05, 4.69) is 6.92 Å². The number of carbonyl (C=O) groups is 1. The number of methoxy groups -OCH3 is 1. The van der Waals surface area contributed by atoms with E-state index in [1.807, 2.05) is 35.2 Å². The molecule has 162 valence electrons. The summed E-state index contributed by atoms with van der Waals surface area (Å²) in [5, 5.41) is 10.9. The molecule has 0 radical (unpaired) electrons. The molecule has 0 aromatic heterocycles. The fourth-order valence-electron chi connectivity index (χ4n) is 4.13. The van der Waals surface area contributed by atoms with Crippen LogP contribution in [0.3, 0.4) is 0 Å². The Hall–Kier alpha value is -2.44. The SMILES string of the molecule is COc1cc(/C=C2\SC(=Nc3ccccc3)N([C@@H]3CCCC[C@@H]3C)C2=O)cc(Cl)c1O. The molecule has 1 aliphatic carbocycles. The average Bonchev–Trinajstić information content (AvgIpc) is 3.06. The number of carbonyl (C=O) groups excluding carboxylic acids is 1. The predicted molar refractivity (Wildman–Crippen MR) is 127 cm³/mol. The Morgan fingerprint density at radius 1 is 1.23 bits per heavy atom. The molecule has 1 saturated carbocycles. The number of phenols is 1. The van der Waals surface area contributed by atoms with Crippen LogP contribution >= 0.6 is 23.4 Å². The second-order valence-electron chi connectivity index (χ2n) is 7.90. The lowest BCUT2D eigenvalue weighted by Crippen LogP contribution is -2.44. The number of hydrogen-bond donors (Lipinski definition) is 1. The maximum atomic E-state index is 13.5. The number of aromatic hydroxyl groups is 1. The highest BCUT2D eigenvalue weighted by Crippen LogP contribution is 2.41. The first-order valence-corrected chi connectivity index (χ1v) is 11.6. The number of amidine groups is 1. The van der Waals surface area contributed by atoms with Crippen LogP contribution in [-0.4, -0.2) is 34.2 Å². The van der Waals surface area contributed by atoms with Crippen molar-refractivity contribution < 1.29 is 14.6 Å². The van der Waals surface area contributed by atoms with Crippen LogP contribution in [0.2, 0.25) is 5.02 Å². The van der Waals surface area contributed by atoms with Crippen molar-refractivity contribution in [1.82, 2.24) is 4.90 Å². The van der Waals surface area contributed by atoms with Gasteiger partial charge in [-0.15, -0.1) is 0 Å². The Morgan fingerprint density at radius 3 is 2.68 bits per heavy atom. The minimum absolute atomic E-state index is 0.0402. The Balaban J connectivity index is 1.74. The van der Waals surface area contributed by atoms with Crippen molar-refractivity contribution in [2.75, 3.05) is 7.11 Å². The molecule has 7 heteroatoms. The van der Waals surface area contributed by atoms with E-state index in [4.69, 9.17) is 21.3 Å². The zero-order valence-electron chi connectivity index (χ0n) is 17.5. The summed E-state index contributed by atoms with van der Waals surface area (Å²) in [4.78, 5) is 20.8. The fourth-order valence-corrected chi connectivity index (χ4v) is 5.40. The highest BCUT2D eigenvalue weighted by molar-refractivity contribution is 8.18. The first-order valence-electron chi connectivity index (χ1n) is 10.4. The number of nitrogens with zero attached hydrogens (tertiary/aromatic N) is 2. The zero-order chi connectivity index (χ0) is 22.0. The molecule has 2 aliphatic rings. The van der Waals surface area contributed by atoms with E-state index in [1.165, 1.54) is 25.3 Å². The lowest BCUT2D eigenvalue weighted by Gasteiger charge is -2.35. The van der Waals surface area contributed by atoms with E-state index in [-0.39, 0.29) is 28.5 Å². The summed E-state index contributed by atoms with van der Waals surface area (Å²) < 4.78 is 5.20. The van der Waals surface area contributed by atoms with Crippen LogP contribution in [0.4, 0.5) is 5.69 Å². The van der Waals surface area contributed by atoms with Crippen molar-refractivity contribution in [3.05, 3.63) is 58.0 Å². The molecule has 1 heterocycles. The van der Waals surface area contributed by atoms with E-state index < -0.39 is 0 Å². The Morgan fingerprint density at radius 2 is 1.97 bits per heavy atom. The summed E-state index contributed by atoms with van der Waals surface area (Å²) in [6.45, 7) is 2.22. The third-order valence-corrected chi connectivity index (χ3v) is 7.06. The number of rotatable bonds is 4. The van der Waals surface area contributed by atoms with E-state index in [0.717, 1.165) is 24.9 Å².